The summed E-state index contributed by atoms with van der Waals surface area (Å²) in [5, 5.41) is 5.98. The molecule has 0 saturated heterocycles. The molecule has 1 N–H and O–H groups in total. The molecular formula is C14H11Cl3F3N3O. The Bertz CT molecular complexity index is 790. The Morgan fingerprint density at radius 3 is 2.38 bits per heavy atom. The van der Waals surface area contributed by atoms with Gasteiger partial charge >= 0.3 is 6.18 Å². The van der Waals surface area contributed by atoms with Crippen molar-refractivity contribution in [1.82, 2.24) is 9.78 Å². The monoisotopic (exact) mass is 399 g/mol. The van der Waals surface area contributed by atoms with Crippen molar-refractivity contribution in [3.63, 3.8) is 0 Å². The Balaban J connectivity index is 2.26. The number of hydrogen-bond donors (Lipinski definition) is 1. The number of carbonyl (C=O) groups excluding carboxylic acids is 1. The number of nitrogens with zero attached hydrogens (tertiary/aromatic N) is 2. The number of rotatable bonds is 3. The van der Waals surface area contributed by atoms with Gasteiger partial charge in [0.05, 0.1) is 20.8 Å². The molecule has 0 aliphatic rings. The molecule has 1 amide bonds. The molecule has 0 radical (unpaired) electrons. The van der Waals surface area contributed by atoms with E-state index in [4.69, 9.17) is 34.8 Å². The Morgan fingerprint density at radius 2 is 1.88 bits per heavy atom. The van der Waals surface area contributed by atoms with Gasteiger partial charge in [-0.25, -0.2) is 0 Å². The van der Waals surface area contributed by atoms with Gasteiger partial charge in [-0.15, -0.1) is 0 Å². The van der Waals surface area contributed by atoms with Crippen molar-refractivity contribution in [2.75, 3.05) is 5.32 Å². The highest BCUT2D eigenvalue weighted by Gasteiger charge is 2.39. The molecule has 4 nitrogen and oxygen atoms in total. The first-order valence-corrected chi connectivity index (χ1v) is 7.73. The second-order valence-corrected chi connectivity index (χ2v) is 6.18. The van der Waals surface area contributed by atoms with E-state index >= 15 is 0 Å². The van der Waals surface area contributed by atoms with Gasteiger partial charge in [0, 0.05) is 5.69 Å². The Morgan fingerprint density at radius 1 is 1.25 bits per heavy atom. The lowest BCUT2D eigenvalue weighted by Crippen LogP contribution is -2.25. The van der Waals surface area contributed by atoms with E-state index in [0.717, 1.165) is 4.68 Å². The number of benzene rings is 1. The standard InChI is InChI=1S/C14H11Cl3F3N3O/c1-6-11(17)12(14(18,19)20)22-23(6)7(2)13(24)21-8-3-4-9(15)10(16)5-8/h3-5,7H,1-2H3,(H,21,24). The Labute approximate surface area is 150 Å². The Hall–Kier alpha value is -1.44. The minimum absolute atomic E-state index is 0.0424. The molecule has 1 aromatic carbocycles. The molecule has 2 rings (SSSR count). The second kappa shape index (κ2) is 6.82. The number of aromatic nitrogens is 2. The number of anilines is 1. The maximum absolute atomic E-state index is 12.8. The number of alkyl halides is 3. The second-order valence-electron chi connectivity index (χ2n) is 4.98. The zero-order valence-corrected chi connectivity index (χ0v) is 14.6. The maximum atomic E-state index is 12.8. The number of halogens is 6. The lowest BCUT2D eigenvalue weighted by Gasteiger charge is -2.15. The predicted molar refractivity (Wildman–Crippen MR) is 86.8 cm³/mol. The minimum Gasteiger partial charge on any atom is -0.324 e. The zero-order valence-electron chi connectivity index (χ0n) is 12.4. The van der Waals surface area contributed by atoms with Crippen molar-refractivity contribution in [2.24, 2.45) is 0 Å². The summed E-state index contributed by atoms with van der Waals surface area (Å²) in [5.74, 6) is -0.579. The van der Waals surface area contributed by atoms with Crippen LogP contribution in [0.4, 0.5) is 18.9 Å². The third kappa shape index (κ3) is 3.79. The van der Waals surface area contributed by atoms with E-state index in [9.17, 15) is 18.0 Å². The van der Waals surface area contributed by atoms with E-state index in [1.54, 1.807) is 0 Å². The van der Waals surface area contributed by atoms with Crippen LogP contribution >= 0.6 is 34.8 Å². The first-order valence-electron chi connectivity index (χ1n) is 6.60. The van der Waals surface area contributed by atoms with Crippen LogP contribution in [0.3, 0.4) is 0 Å². The van der Waals surface area contributed by atoms with Gasteiger partial charge in [-0.2, -0.15) is 18.3 Å². The van der Waals surface area contributed by atoms with Crippen LogP contribution in [0.2, 0.25) is 15.1 Å². The van der Waals surface area contributed by atoms with Crippen LogP contribution in [0.15, 0.2) is 18.2 Å². The summed E-state index contributed by atoms with van der Waals surface area (Å²) in [7, 11) is 0. The SMILES string of the molecule is Cc1c(Cl)c(C(F)(F)F)nn1C(C)C(=O)Nc1ccc(Cl)c(Cl)c1. The van der Waals surface area contributed by atoms with Gasteiger partial charge in [-0.1, -0.05) is 34.8 Å². The number of nitrogens with one attached hydrogen (secondary N) is 1. The van der Waals surface area contributed by atoms with Crippen LogP contribution in [-0.4, -0.2) is 15.7 Å². The fourth-order valence-electron chi connectivity index (χ4n) is 1.99. The van der Waals surface area contributed by atoms with Gasteiger partial charge < -0.3 is 5.32 Å². The highest BCUT2D eigenvalue weighted by atomic mass is 35.5. The van der Waals surface area contributed by atoms with Crippen LogP contribution in [0, 0.1) is 6.92 Å². The molecule has 10 heteroatoms. The fourth-order valence-corrected chi connectivity index (χ4v) is 2.52. The highest BCUT2D eigenvalue weighted by Crippen LogP contribution is 2.36. The van der Waals surface area contributed by atoms with Crippen LogP contribution in [-0.2, 0) is 11.0 Å². The number of amides is 1. The maximum Gasteiger partial charge on any atom is 0.436 e. The summed E-state index contributed by atoms with van der Waals surface area (Å²) in [6.07, 6.45) is -4.70. The summed E-state index contributed by atoms with van der Waals surface area (Å²) in [6.45, 7) is 2.76. The molecule has 0 fully saturated rings. The largest absolute Gasteiger partial charge is 0.436 e. The zero-order chi connectivity index (χ0) is 18.2. The summed E-state index contributed by atoms with van der Waals surface area (Å²) in [5.41, 5.74) is -0.829. The lowest BCUT2D eigenvalue weighted by atomic mass is 10.2. The molecule has 1 atom stereocenters. The van der Waals surface area contributed by atoms with Gasteiger partial charge in [-0.05, 0) is 32.0 Å². The molecule has 2 aromatic rings. The normalized spacial score (nSPS) is 13.0. The molecule has 1 aromatic heterocycles. The van der Waals surface area contributed by atoms with Crippen molar-refractivity contribution in [3.05, 3.63) is 44.7 Å². The molecule has 0 spiro atoms. The van der Waals surface area contributed by atoms with Crippen LogP contribution in [0.5, 0.6) is 0 Å². The third-order valence-electron chi connectivity index (χ3n) is 3.28. The topological polar surface area (TPSA) is 46.9 Å². The molecule has 1 heterocycles. The van der Waals surface area contributed by atoms with Crippen molar-refractivity contribution >= 4 is 46.4 Å². The smallest absolute Gasteiger partial charge is 0.324 e. The minimum atomic E-state index is -4.70. The fraction of sp³-hybridized carbons (Fsp3) is 0.286. The van der Waals surface area contributed by atoms with Gasteiger partial charge in [0.1, 0.15) is 6.04 Å². The van der Waals surface area contributed by atoms with Crippen molar-refractivity contribution in [1.29, 1.82) is 0 Å². The van der Waals surface area contributed by atoms with Crippen LogP contribution in [0.1, 0.15) is 24.4 Å². The van der Waals surface area contributed by atoms with E-state index in [2.05, 4.69) is 10.4 Å². The summed E-state index contributed by atoms with van der Waals surface area (Å²) in [6, 6.07) is 3.41. The van der Waals surface area contributed by atoms with Crippen molar-refractivity contribution in [2.45, 2.75) is 26.1 Å². The van der Waals surface area contributed by atoms with E-state index < -0.39 is 28.8 Å². The van der Waals surface area contributed by atoms with E-state index in [-0.39, 0.29) is 10.7 Å². The first kappa shape index (κ1) is 18.9. The van der Waals surface area contributed by atoms with E-state index in [1.165, 1.54) is 32.0 Å². The summed E-state index contributed by atoms with van der Waals surface area (Å²) in [4.78, 5) is 12.3. The van der Waals surface area contributed by atoms with Gasteiger partial charge in [0.15, 0.2) is 5.69 Å². The van der Waals surface area contributed by atoms with Gasteiger partial charge in [0.25, 0.3) is 0 Å². The van der Waals surface area contributed by atoms with Crippen LogP contribution in [0.25, 0.3) is 0 Å². The average Bonchev–Trinajstić information content (AvgIpc) is 2.78. The highest BCUT2D eigenvalue weighted by molar-refractivity contribution is 6.42. The van der Waals surface area contributed by atoms with Crippen molar-refractivity contribution < 1.29 is 18.0 Å². The molecule has 1 unspecified atom stereocenters. The number of carbonyl (C=O) groups is 1. The average molecular weight is 401 g/mol. The molecule has 130 valence electrons. The Kier molecular flexibility index (Phi) is 5.37. The predicted octanol–water partition coefficient (Wildman–Crippen LogP) is 5.37. The van der Waals surface area contributed by atoms with E-state index in [1.807, 2.05) is 0 Å². The summed E-state index contributed by atoms with van der Waals surface area (Å²) >= 11 is 17.3. The van der Waals surface area contributed by atoms with Gasteiger partial charge in [0.2, 0.25) is 5.91 Å². The van der Waals surface area contributed by atoms with Crippen LogP contribution < -0.4 is 5.32 Å². The van der Waals surface area contributed by atoms with Gasteiger partial charge in [-0.3, -0.25) is 9.48 Å². The third-order valence-corrected chi connectivity index (χ3v) is 4.47. The molecule has 0 aliphatic carbocycles. The summed E-state index contributed by atoms with van der Waals surface area (Å²) < 4.78 is 39.5. The first-order chi connectivity index (χ1) is 11.0. The molecule has 0 bridgehead atoms. The quantitative estimate of drug-likeness (QED) is 0.753. The lowest BCUT2D eigenvalue weighted by molar-refractivity contribution is -0.141. The molecule has 0 saturated carbocycles. The molecule has 24 heavy (non-hydrogen) atoms. The molecule has 0 aliphatic heterocycles. The van der Waals surface area contributed by atoms with Crippen molar-refractivity contribution in [3.8, 4) is 0 Å². The number of hydrogen-bond acceptors (Lipinski definition) is 2. The van der Waals surface area contributed by atoms with E-state index in [0.29, 0.717) is 10.7 Å². The molecular weight excluding hydrogens is 390 g/mol.